The van der Waals surface area contributed by atoms with Gasteiger partial charge in [0, 0.05) is 38.6 Å². The fourth-order valence-corrected chi connectivity index (χ4v) is 2.68. The summed E-state index contributed by atoms with van der Waals surface area (Å²) in [5.41, 5.74) is 6.15. The number of anilines is 1. The number of amides is 2. The molecule has 1 saturated heterocycles. The molecule has 2 rings (SSSR count). The van der Waals surface area contributed by atoms with E-state index in [2.05, 4.69) is 5.32 Å². The highest BCUT2D eigenvalue weighted by Crippen LogP contribution is 2.20. The standard InChI is InChI=1S/C16H23ClN4O2/c1-12(10-18)16(23)21-8-6-20(7-9-21)11-15(22)19-14-5-3-2-4-13(14)17/h2-5,12H,6-11,18H2,1H3,(H,19,22). The number of hydrogen-bond donors (Lipinski definition) is 2. The predicted octanol–water partition coefficient (Wildman–Crippen LogP) is 1.02. The smallest absolute Gasteiger partial charge is 0.238 e. The molecule has 2 amide bonds. The van der Waals surface area contributed by atoms with Crippen LogP contribution in [-0.2, 0) is 9.59 Å². The van der Waals surface area contributed by atoms with Crippen molar-refractivity contribution < 1.29 is 9.59 Å². The van der Waals surface area contributed by atoms with Crippen LogP contribution in [0.3, 0.4) is 0 Å². The van der Waals surface area contributed by atoms with Gasteiger partial charge in [-0.25, -0.2) is 0 Å². The van der Waals surface area contributed by atoms with Gasteiger partial charge >= 0.3 is 0 Å². The molecule has 7 heteroatoms. The number of carbonyl (C=O) groups excluding carboxylic acids is 2. The SMILES string of the molecule is CC(CN)C(=O)N1CCN(CC(=O)Nc2ccccc2Cl)CC1. The van der Waals surface area contributed by atoms with Gasteiger partial charge in [0.25, 0.3) is 0 Å². The van der Waals surface area contributed by atoms with Crippen LogP contribution in [0.15, 0.2) is 24.3 Å². The minimum Gasteiger partial charge on any atom is -0.340 e. The first kappa shape index (κ1) is 17.7. The lowest BCUT2D eigenvalue weighted by Crippen LogP contribution is -2.52. The van der Waals surface area contributed by atoms with Crippen molar-refractivity contribution in [1.82, 2.24) is 9.80 Å². The maximum Gasteiger partial charge on any atom is 0.238 e. The Balaban J connectivity index is 1.79. The van der Waals surface area contributed by atoms with Crippen molar-refractivity contribution in [3.8, 4) is 0 Å². The first-order valence-corrected chi connectivity index (χ1v) is 8.14. The van der Waals surface area contributed by atoms with Crippen molar-refractivity contribution in [3.63, 3.8) is 0 Å². The van der Waals surface area contributed by atoms with Gasteiger partial charge in [-0.15, -0.1) is 0 Å². The van der Waals surface area contributed by atoms with Gasteiger partial charge in [-0.3, -0.25) is 14.5 Å². The molecule has 1 unspecified atom stereocenters. The van der Waals surface area contributed by atoms with Gasteiger partial charge in [0.2, 0.25) is 11.8 Å². The summed E-state index contributed by atoms with van der Waals surface area (Å²) in [5, 5.41) is 3.33. The average Bonchev–Trinajstić information content (AvgIpc) is 2.56. The summed E-state index contributed by atoms with van der Waals surface area (Å²) in [6, 6.07) is 7.15. The van der Waals surface area contributed by atoms with Crippen LogP contribution >= 0.6 is 11.6 Å². The first-order chi connectivity index (χ1) is 11.0. The Hall–Kier alpha value is -1.63. The number of hydrogen-bond acceptors (Lipinski definition) is 4. The zero-order chi connectivity index (χ0) is 16.8. The third kappa shape index (κ3) is 4.92. The van der Waals surface area contributed by atoms with Crippen molar-refractivity contribution in [2.45, 2.75) is 6.92 Å². The van der Waals surface area contributed by atoms with E-state index >= 15 is 0 Å². The highest BCUT2D eigenvalue weighted by molar-refractivity contribution is 6.33. The zero-order valence-corrected chi connectivity index (χ0v) is 14.1. The number of nitrogens with one attached hydrogen (secondary N) is 1. The molecule has 0 radical (unpaired) electrons. The molecule has 1 atom stereocenters. The highest BCUT2D eigenvalue weighted by atomic mass is 35.5. The van der Waals surface area contributed by atoms with Crippen LogP contribution in [0.4, 0.5) is 5.69 Å². The molecular formula is C16H23ClN4O2. The topological polar surface area (TPSA) is 78.7 Å². The fourth-order valence-electron chi connectivity index (χ4n) is 2.49. The minimum atomic E-state index is -0.148. The summed E-state index contributed by atoms with van der Waals surface area (Å²) >= 11 is 6.03. The molecule has 1 fully saturated rings. The first-order valence-electron chi connectivity index (χ1n) is 7.77. The Morgan fingerprint density at radius 1 is 1.26 bits per heavy atom. The van der Waals surface area contributed by atoms with Gasteiger partial charge in [0.05, 0.1) is 17.3 Å². The lowest BCUT2D eigenvalue weighted by molar-refractivity contribution is -0.136. The number of para-hydroxylation sites is 1. The zero-order valence-electron chi connectivity index (χ0n) is 13.3. The quantitative estimate of drug-likeness (QED) is 0.840. The van der Waals surface area contributed by atoms with Crippen molar-refractivity contribution in [1.29, 1.82) is 0 Å². The number of benzene rings is 1. The van der Waals surface area contributed by atoms with E-state index in [4.69, 9.17) is 17.3 Å². The number of carbonyl (C=O) groups is 2. The van der Waals surface area contributed by atoms with E-state index in [1.165, 1.54) is 0 Å². The second-order valence-corrected chi connectivity index (χ2v) is 6.17. The van der Waals surface area contributed by atoms with Gasteiger partial charge in [-0.05, 0) is 12.1 Å². The molecular weight excluding hydrogens is 316 g/mol. The molecule has 6 nitrogen and oxygen atoms in total. The van der Waals surface area contributed by atoms with Gasteiger partial charge in [0.15, 0.2) is 0 Å². The van der Waals surface area contributed by atoms with Gasteiger partial charge in [-0.2, -0.15) is 0 Å². The lowest BCUT2D eigenvalue weighted by atomic mass is 10.1. The molecule has 0 saturated carbocycles. The summed E-state index contributed by atoms with van der Waals surface area (Å²) in [4.78, 5) is 28.0. The Bertz CT molecular complexity index is 559. The predicted molar refractivity (Wildman–Crippen MR) is 91.3 cm³/mol. The number of nitrogens with two attached hydrogens (primary N) is 1. The number of rotatable bonds is 5. The van der Waals surface area contributed by atoms with E-state index in [0.29, 0.717) is 50.0 Å². The Kier molecular flexibility index (Phi) is 6.38. The Labute approximate surface area is 141 Å². The molecule has 126 valence electrons. The largest absolute Gasteiger partial charge is 0.340 e. The summed E-state index contributed by atoms with van der Waals surface area (Å²) in [5.74, 6) is -0.161. The number of nitrogens with zero attached hydrogens (tertiary/aromatic N) is 2. The Morgan fingerprint density at radius 3 is 2.52 bits per heavy atom. The molecule has 0 aromatic heterocycles. The maximum atomic E-state index is 12.1. The summed E-state index contributed by atoms with van der Waals surface area (Å²) in [6.07, 6.45) is 0. The molecule has 3 N–H and O–H groups in total. The van der Waals surface area contributed by atoms with Crippen molar-refractivity contribution in [2.75, 3.05) is 44.6 Å². The molecule has 23 heavy (non-hydrogen) atoms. The van der Waals surface area contributed by atoms with Crippen molar-refractivity contribution >= 4 is 29.1 Å². The summed E-state index contributed by atoms with van der Waals surface area (Å²) < 4.78 is 0. The van der Waals surface area contributed by atoms with Crippen LogP contribution in [0.25, 0.3) is 0 Å². The van der Waals surface area contributed by atoms with E-state index in [-0.39, 0.29) is 17.7 Å². The van der Waals surface area contributed by atoms with E-state index < -0.39 is 0 Å². The molecule has 1 aromatic rings. The maximum absolute atomic E-state index is 12.1. The fraction of sp³-hybridized carbons (Fsp3) is 0.500. The number of piperazine rings is 1. The Morgan fingerprint density at radius 2 is 1.91 bits per heavy atom. The minimum absolute atomic E-state index is 0.0904. The van der Waals surface area contributed by atoms with Crippen LogP contribution in [0, 0.1) is 5.92 Å². The molecule has 0 bridgehead atoms. The second-order valence-electron chi connectivity index (χ2n) is 5.77. The average molecular weight is 339 g/mol. The van der Waals surface area contributed by atoms with E-state index in [1.807, 2.05) is 28.9 Å². The van der Waals surface area contributed by atoms with Crippen molar-refractivity contribution in [2.24, 2.45) is 11.7 Å². The van der Waals surface area contributed by atoms with E-state index in [1.54, 1.807) is 12.1 Å². The molecule has 0 spiro atoms. The second kappa shape index (κ2) is 8.29. The monoisotopic (exact) mass is 338 g/mol. The van der Waals surface area contributed by atoms with Crippen LogP contribution in [0.5, 0.6) is 0 Å². The van der Waals surface area contributed by atoms with E-state index in [0.717, 1.165) is 0 Å². The lowest BCUT2D eigenvalue weighted by Gasteiger charge is -2.35. The van der Waals surface area contributed by atoms with Crippen LogP contribution in [0.1, 0.15) is 6.92 Å². The number of halogens is 1. The molecule has 0 aliphatic carbocycles. The van der Waals surface area contributed by atoms with Gasteiger partial charge in [0.1, 0.15) is 0 Å². The third-order valence-electron chi connectivity index (χ3n) is 3.97. The third-order valence-corrected chi connectivity index (χ3v) is 4.30. The normalized spacial score (nSPS) is 16.9. The molecule has 1 aliphatic rings. The highest BCUT2D eigenvalue weighted by Gasteiger charge is 2.25. The van der Waals surface area contributed by atoms with Crippen LogP contribution < -0.4 is 11.1 Å². The van der Waals surface area contributed by atoms with Crippen LogP contribution in [-0.4, -0.2) is 60.9 Å². The van der Waals surface area contributed by atoms with Gasteiger partial charge in [-0.1, -0.05) is 30.7 Å². The van der Waals surface area contributed by atoms with E-state index in [9.17, 15) is 9.59 Å². The summed E-state index contributed by atoms with van der Waals surface area (Å²) in [6.45, 7) is 5.10. The summed E-state index contributed by atoms with van der Waals surface area (Å²) in [7, 11) is 0. The van der Waals surface area contributed by atoms with Crippen LogP contribution in [0.2, 0.25) is 5.02 Å². The molecule has 1 aliphatic heterocycles. The molecule has 1 heterocycles. The van der Waals surface area contributed by atoms with Crippen molar-refractivity contribution in [3.05, 3.63) is 29.3 Å². The molecule has 1 aromatic carbocycles. The van der Waals surface area contributed by atoms with Gasteiger partial charge < -0.3 is 16.0 Å².